The maximum absolute atomic E-state index is 6.97. The van der Waals surface area contributed by atoms with Crippen molar-refractivity contribution in [3.8, 4) is 11.5 Å². The van der Waals surface area contributed by atoms with Crippen LogP contribution in [0, 0.1) is 46.3 Å². The van der Waals surface area contributed by atoms with Gasteiger partial charge in [-0.2, -0.15) is 0 Å². The van der Waals surface area contributed by atoms with Crippen molar-refractivity contribution in [3.63, 3.8) is 0 Å². The van der Waals surface area contributed by atoms with E-state index in [0.717, 1.165) is 65.3 Å². The van der Waals surface area contributed by atoms with E-state index in [1.807, 2.05) is 36.4 Å². The second-order valence-electron chi connectivity index (χ2n) is 14.5. The van der Waals surface area contributed by atoms with Gasteiger partial charge < -0.3 is 20.9 Å². The molecule has 4 aliphatic rings. The van der Waals surface area contributed by atoms with Gasteiger partial charge in [-0.25, -0.2) is 0 Å². The molecule has 4 N–H and O–H groups in total. The summed E-state index contributed by atoms with van der Waals surface area (Å²) in [5, 5.41) is 0. The highest BCUT2D eigenvalue weighted by molar-refractivity contribution is 5.42. The van der Waals surface area contributed by atoms with Gasteiger partial charge >= 0.3 is 0 Å². The first-order valence-electron chi connectivity index (χ1n) is 16.3. The predicted octanol–water partition coefficient (Wildman–Crippen LogP) is 8.75. The second kappa shape index (κ2) is 10.8. The van der Waals surface area contributed by atoms with Crippen LogP contribution in [0.15, 0.2) is 48.5 Å². The molecule has 0 heterocycles. The first-order valence-corrected chi connectivity index (χ1v) is 16.3. The zero-order chi connectivity index (χ0) is 28.1. The van der Waals surface area contributed by atoms with Gasteiger partial charge in [0, 0.05) is 17.3 Å². The van der Waals surface area contributed by atoms with Crippen LogP contribution in [0.1, 0.15) is 91.9 Å². The Hall–Kier alpha value is -2.36. The Labute approximate surface area is 242 Å². The molecule has 40 heavy (non-hydrogen) atoms. The molecule has 4 fully saturated rings. The Balaban J connectivity index is 1.28. The summed E-state index contributed by atoms with van der Waals surface area (Å²) in [6.07, 6.45) is 13.3. The molecule has 10 atom stereocenters. The summed E-state index contributed by atoms with van der Waals surface area (Å²) >= 11 is 0. The van der Waals surface area contributed by atoms with Crippen LogP contribution in [0.5, 0.6) is 11.5 Å². The first-order chi connectivity index (χ1) is 19.2. The van der Waals surface area contributed by atoms with Crippen LogP contribution in [0.3, 0.4) is 0 Å². The molecule has 4 nitrogen and oxygen atoms in total. The van der Waals surface area contributed by atoms with Gasteiger partial charge in [-0.05, 0) is 140 Å². The van der Waals surface area contributed by atoms with Gasteiger partial charge in [-0.1, -0.05) is 40.5 Å². The first kappa shape index (κ1) is 27.8. The Morgan fingerprint density at radius 3 is 2.00 bits per heavy atom. The number of hydrogen-bond donors (Lipinski definition) is 2. The Kier molecular flexibility index (Phi) is 7.51. The third-order valence-corrected chi connectivity index (χ3v) is 12.5. The molecule has 3 unspecified atom stereocenters. The van der Waals surface area contributed by atoms with Crippen molar-refractivity contribution >= 4 is 11.4 Å². The number of ether oxygens (including phenoxy) is 2. The van der Waals surface area contributed by atoms with E-state index in [-0.39, 0.29) is 17.6 Å². The maximum Gasteiger partial charge on any atom is 0.119 e. The molecular formula is C36H52N2O2. The van der Waals surface area contributed by atoms with Crippen LogP contribution in [-0.2, 0) is 0 Å². The molecule has 0 amide bonds. The summed E-state index contributed by atoms with van der Waals surface area (Å²) in [6.45, 7) is 10.2. The molecule has 0 bridgehead atoms. The van der Waals surface area contributed by atoms with Gasteiger partial charge in [0.05, 0.1) is 6.10 Å². The van der Waals surface area contributed by atoms with E-state index < -0.39 is 0 Å². The molecule has 0 aromatic heterocycles. The van der Waals surface area contributed by atoms with Gasteiger partial charge in [-0.3, -0.25) is 0 Å². The SMILES string of the molecule is CCC[C@@H](C)[C@H]1CC[C@H]2[C@@H]3CC(Oc4ccc(N)cc4)C4CC(Oc5ccc(N)cc5)CC[C@]4(C)[C@H]3CC[C@]12C. The number of nitrogen functional groups attached to an aromatic ring is 2. The highest BCUT2D eigenvalue weighted by Crippen LogP contribution is 2.68. The van der Waals surface area contributed by atoms with E-state index in [4.69, 9.17) is 20.9 Å². The van der Waals surface area contributed by atoms with Gasteiger partial charge in [0.25, 0.3) is 0 Å². The van der Waals surface area contributed by atoms with Crippen LogP contribution in [0.2, 0.25) is 0 Å². The van der Waals surface area contributed by atoms with Crippen molar-refractivity contribution in [1.82, 2.24) is 0 Å². The van der Waals surface area contributed by atoms with Crippen LogP contribution in [-0.4, -0.2) is 12.2 Å². The Bertz CT molecular complexity index is 1150. The monoisotopic (exact) mass is 544 g/mol. The lowest BCUT2D eigenvalue weighted by molar-refractivity contribution is -0.164. The molecule has 4 aliphatic carbocycles. The predicted molar refractivity (Wildman–Crippen MR) is 165 cm³/mol. The third kappa shape index (κ3) is 4.88. The van der Waals surface area contributed by atoms with Gasteiger partial charge in [0.1, 0.15) is 17.6 Å². The summed E-state index contributed by atoms with van der Waals surface area (Å²) in [7, 11) is 0. The number of benzene rings is 2. The molecule has 6 rings (SSSR count). The molecule has 0 radical (unpaired) electrons. The number of anilines is 2. The number of nitrogens with two attached hydrogens (primary N) is 2. The smallest absolute Gasteiger partial charge is 0.119 e. The van der Waals surface area contributed by atoms with Crippen molar-refractivity contribution in [3.05, 3.63) is 48.5 Å². The summed E-state index contributed by atoms with van der Waals surface area (Å²) in [5.41, 5.74) is 14.3. The number of rotatable bonds is 7. The fourth-order valence-corrected chi connectivity index (χ4v) is 10.6. The average Bonchev–Trinajstić information content (AvgIpc) is 3.29. The number of hydrogen-bond acceptors (Lipinski definition) is 4. The molecular weight excluding hydrogens is 492 g/mol. The second-order valence-corrected chi connectivity index (χ2v) is 14.5. The summed E-state index contributed by atoms with van der Waals surface area (Å²) in [6, 6.07) is 16.0. The Morgan fingerprint density at radius 2 is 1.35 bits per heavy atom. The minimum atomic E-state index is 0.210. The normalized spacial score (nSPS) is 39.5. The topological polar surface area (TPSA) is 70.5 Å². The van der Waals surface area contributed by atoms with Crippen molar-refractivity contribution < 1.29 is 9.47 Å². The molecule has 2 aromatic rings. The van der Waals surface area contributed by atoms with Crippen molar-refractivity contribution in [1.29, 1.82) is 0 Å². The third-order valence-electron chi connectivity index (χ3n) is 12.5. The maximum atomic E-state index is 6.97. The van der Waals surface area contributed by atoms with Crippen LogP contribution in [0.4, 0.5) is 11.4 Å². The Morgan fingerprint density at radius 1 is 0.750 bits per heavy atom. The van der Waals surface area contributed by atoms with E-state index in [1.54, 1.807) is 0 Å². The molecule has 0 aliphatic heterocycles. The highest BCUT2D eigenvalue weighted by atomic mass is 16.5. The summed E-state index contributed by atoms with van der Waals surface area (Å²) in [4.78, 5) is 0. The average molecular weight is 545 g/mol. The van der Waals surface area contributed by atoms with E-state index in [1.165, 1.54) is 51.4 Å². The fourth-order valence-electron chi connectivity index (χ4n) is 10.6. The van der Waals surface area contributed by atoms with Gasteiger partial charge in [-0.15, -0.1) is 0 Å². The minimum absolute atomic E-state index is 0.210. The number of fused-ring (bicyclic) bond motifs is 5. The van der Waals surface area contributed by atoms with E-state index in [2.05, 4.69) is 39.8 Å². The molecule has 0 spiro atoms. The quantitative estimate of drug-likeness (QED) is 0.342. The lowest BCUT2D eigenvalue weighted by Crippen LogP contribution is -2.59. The largest absolute Gasteiger partial charge is 0.490 e. The summed E-state index contributed by atoms with van der Waals surface area (Å²) in [5.74, 6) is 6.47. The summed E-state index contributed by atoms with van der Waals surface area (Å²) < 4.78 is 13.6. The lowest BCUT2D eigenvalue weighted by atomic mass is 9.43. The zero-order valence-corrected chi connectivity index (χ0v) is 25.3. The molecule has 4 saturated carbocycles. The van der Waals surface area contributed by atoms with Gasteiger partial charge in [0.2, 0.25) is 0 Å². The van der Waals surface area contributed by atoms with Crippen LogP contribution in [0.25, 0.3) is 0 Å². The van der Waals surface area contributed by atoms with E-state index in [9.17, 15) is 0 Å². The molecule has 2 aromatic carbocycles. The standard InChI is InChI=1S/C36H52N2O2/c1-5-6-23(2)30-15-16-31-29-22-34(40-27-13-9-25(38)10-14-27)33-21-28(39-26-11-7-24(37)8-12-26)17-19-36(33,4)32(29)18-20-35(30,31)3/h7-14,23,28-34H,5-6,15-22,37-38H2,1-4H3/t23-,28?,29+,30-,31+,32+,33?,34?,35-,36-/m1/s1. The fraction of sp³-hybridized carbons (Fsp3) is 0.667. The minimum Gasteiger partial charge on any atom is -0.490 e. The zero-order valence-electron chi connectivity index (χ0n) is 25.3. The van der Waals surface area contributed by atoms with Gasteiger partial charge in [0.15, 0.2) is 0 Å². The van der Waals surface area contributed by atoms with Crippen LogP contribution < -0.4 is 20.9 Å². The van der Waals surface area contributed by atoms with Crippen molar-refractivity contribution in [2.24, 2.45) is 46.3 Å². The molecule has 218 valence electrons. The molecule has 0 saturated heterocycles. The highest BCUT2D eigenvalue weighted by Gasteiger charge is 2.63. The molecule has 4 heteroatoms. The van der Waals surface area contributed by atoms with Crippen molar-refractivity contribution in [2.75, 3.05) is 11.5 Å². The van der Waals surface area contributed by atoms with Crippen LogP contribution >= 0.6 is 0 Å². The van der Waals surface area contributed by atoms with Crippen molar-refractivity contribution in [2.45, 2.75) is 104 Å². The van der Waals surface area contributed by atoms with E-state index >= 15 is 0 Å². The lowest BCUT2D eigenvalue weighted by Gasteiger charge is -2.63. The van der Waals surface area contributed by atoms with E-state index in [0.29, 0.717) is 11.3 Å².